The summed E-state index contributed by atoms with van der Waals surface area (Å²) in [5.41, 5.74) is 9.93. The lowest BCUT2D eigenvalue weighted by molar-refractivity contribution is 0.672. The van der Waals surface area contributed by atoms with E-state index in [-0.39, 0.29) is 0 Å². The number of benzene rings is 8. The molecular weight excluding hydrogens is 635 g/mol. The Labute approximate surface area is 300 Å². The van der Waals surface area contributed by atoms with Gasteiger partial charge in [-0.2, -0.15) is 0 Å². The molecule has 1 aliphatic heterocycles. The third-order valence-corrected chi connectivity index (χ3v) is 10.3. The fourth-order valence-electron chi connectivity index (χ4n) is 8.08. The highest BCUT2D eigenvalue weighted by Gasteiger charge is 2.38. The quantitative estimate of drug-likeness (QED) is 0.176. The van der Waals surface area contributed by atoms with Crippen molar-refractivity contribution in [2.24, 2.45) is 0 Å². The second kappa shape index (κ2) is 11.0. The normalized spacial score (nSPS) is 12.6. The first kappa shape index (κ1) is 28.9. The van der Waals surface area contributed by atoms with Gasteiger partial charge in [0.05, 0.1) is 33.7 Å². The average Bonchev–Trinajstić information content (AvgIpc) is 3.60. The summed E-state index contributed by atoms with van der Waals surface area (Å²) < 4.78 is 6.81. The molecule has 0 saturated heterocycles. The van der Waals surface area contributed by atoms with Gasteiger partial charge in [-0.3, -0.25) is 0 Å². The molecule has 10 aromatic rings. The lowest BCUT2D eigenvalue weighted by atomic mass is 9.87. The second-order valence-corrected chi connectivity index (χ2v) is 13.2. The molecule has 240 valence electrons. The lowest BCUT2D eigenvalue weighted by Crippen LogP contribution is -2.40. The van der Waals surface area contributed by atoms with Crippen molar-refractivity contribution in [1.82, 2.24) is 9.97 Å². The summed E-state index contributed by atoms with van der Waals surface area (Å²) >= 11 is 0. The number of para-hydroxylation sites is 3. The zero-order valence-electron chi connectivity index (χ0n) is 27.9. The maximum Gasteiger partial charge on any atom is 0.251 e. The molecule has 0 saturated carbocycles. The Balaban J connectivity index is 1.38. The zero-order chi connectivity index (χ0) is 34.3. The summed E-state index contributed by atoms with van der Waals surface area (Å²) in [6, 6.07) is 56.5. The first-order valence-corrected chi connectivity index (χ1v) is 17.4. The van der Waals surface area contributed by atoms with E-state index in [4.69, 9.17) is 22.2 Å². The van der Waals surface area contributed by atoms with Gasteiger partial charge in [-0.1, -0.05) is 139 Å². The van der Waals surface area contributed by atoms with E-state index in [2.05, 4.69) is 113 Å². The number of hydrogen-bond acceptors (Lipinski definition) is 5. The van der Waals surface area contributed by atoms with Crippen LogP contribution in [0.2, 0.25) is 0 Å². The van der Waals surface area contributed by atoms with Crippen molar-refractivity contribution in [1.29, 1.82) is 0 Å². The van der Waals surface area contributed by atoms with Crippen LogP contribution in [-0.4, -0.2) is 17.8 Å². The summed E-state index contributed by atoms with van der Waals surface area (Å²) in [7, 11) is 6.67. The van der Waals surface area contributed by atoms with E-state index in [1.165, 1.54) is 5.39 Å². The number of hydrogen-bond donors (Lipinski definition) is 0. The van der Waals surface area contributed by atoms with Crippen LogP contribution in [0.25, 0.3) is 76.8 Å². The fraction of sp³-hybridized carbons (Fsp3) is 0. The van der Waals surface area contributed by atoms with E-state index in [1.54, 1.807) is 0 Å². The molecule has 6 heteroatoms. The Kier molecular flexibility index (Phi) is 6.13. The van der Waals surface area contributed by atoms with E-state index in [1.807, 2.05) is 60.7 Å². The van der Waals surface area contributed by atoms with Crippen LogP contribution in [0, 0.1) is 0 Å². The minimum absolute atomic E-state index is 0.516. The van der Waals surface area contributed by atoms with Gasteiger partial charge in [0, 0.05) is 27.3 Å². The molecular formula is C46H27BN4O. The van der Waals surface area contributed by atoms with Crippen molar-refractivity contribution in [2.45, 2.75) is 0 Å². The Morgan fingerprint density at radius 3 is 2.02 bits per heavy atom. The summed E-state index contributed by atoms with van der Waals surface area (Å²) in [4.78, 5) is 10.9. The summed E-state index contributed by atoms with van der Waals surface area (Å²) in [6.45, 7) is 0. The monoisotopic (exact) mass is 662 g/mol. The highest BCUT2D eigenvalue weighted by atomic mass is 16.3. The van der Waals surface area contributed by atoms with Crippen molar-refractivity contribution in [3.63, 3.8) is 0 Å². The highest BCUT2D eigenvalue weighted by molar-refractivity contribution is 6.36. The maximum atomic E-state index is 6.81. The van der Waals surface area contributed by atoms with E-state index in [0.29, 0.717) is 11.4 Å². The van der Waals surface area contributed by atoms with E-state index >= 15 is 0 Å². The molecule has 1 aliphatic rings. The van der Waals surface area contributed by atoms with Crippen molar-refractivity contribution in [3.05, 3.63) is 164 Å². The number of nitrogens with zero attached hydrogens (tertiary/aromatic N) is 4. The van der Waals surface area contributed by atoms with Crippen LogP contribution in [0.1, 0.15) is 0 Å². The summed E-state index contributed by atoms with van der Waals surface area (Å²) in [6.07, 6.45) is 0. The Hall–Kier alpha value is -6.92. The molecule has 8 aromatic carbocycles. The maximum absolute atomic E-state index is 6.81. The second-order valence-electron chi connectivity index (χ2n) is 13.2. The van der Waals surface area contributed by atoms with Crippen LogP contribution >= 0.6 is 0 Å². The van der Waals surface area contributed by atoms with Crippen LogP contribution in [0.4, 0.5) is 23.0 Å². The Morgan fingerprint density at radius 1 is 0.500 bits per heavy atom. The molecule has 5 nitrogen and oxygen atoms in total. The number of rotatable bonds is 3. The minimum Gasteiger partial charge on any atom is -0.455 e. The molecule has 0 bridgehead atoms. The number of aromatic nitrogens is 2. The molecule has 11 rings (SSSR count). The molecule has 52 heavy (non-hydrogen) atoms. The van der Waals surface area contributed by atoms with Gasteiger partial charge in [0.15, 0.2) is 0 Å². The van der Waals surface area contributed by atoms with Crippen LogP contribution in [0.3, 0.4) is 0 Å². The van der Waals surface area contributed by atoms with Crippen molar-refractivity contribution in [2.75, 3.05) is 10.0 Å². The molecule has 0 spiro atoms. The largest absolute Gasteiger partial charge is 0.455 e. The minimum atomic E-state index is 0.516. The molecule has 0 fully saturated rings. The number of furan rings is 1. The standard InChI is InChI=1S/C46H27BN4O/c47-36-23-11-8-20-33(36)43-34-21-9-12-24-37(34)48-46(49-43)51-44-41(31-18-6-7-19-32(31)45-42(44)35-22-10-13-25-39(35)52-45)40-30-17-5-4-14-28(30)26-27-38(40)50(51)29-15-2-1-3-16-29/h1-27H. The van der Waals surface area contributed by atoms with Crippen LogP contribution in [0.5, 0.6) is 0 Å². The number of anilines is 4. The summed E-state index contributed by atoms with van der Waals surface area (Å²) in [5, 5.41) is 11.9. The van der Waals surface area contributed by atoms with Crippen LogP contribution in [0.15, 0.2) is 168 Å². The average molecular weight is 663 g/mol. The lowest BCUT2D eigenvalue weighted by Gasteiger charge is -2.43. The third kappa shape index (κ3) is 4.06. The number of fused-ring (bicyclic) bond motifs is 13. The van der Waals surface area contributed by atoms with Crippen LogP contribution < -0.4 is 15.5 Å². The molecule has 2 aromatic heterocycles. The van der Waals surface area contributed by atoms with E-state index < -0.39 is 0 Å². The predicted molar refractivity (Wildman–Crippen MR) is 215 cm³/mol. The number of hydrazine groups is 1. The zero-order valence-corrected chi connectivity index (χ0v) is 27.9. The highest BCUT2D eigenvalue weighted by Crippen LogP contribution is 2.58. The van der Waals surface area contributed by atoms with Gasteiger partial charge >= 0.3 is 0 Å². The first-order valence-electron chi connectivity index (χ1n) is 17.4. The van der Waals surface area contributed by atoms with Gasteiger partial charge in [0.25, 0.3) is 5.95 Å². The van der Waals surface area contributed by atoms with E-state index in [0.717, 1.165) is 88.4 Å². The first-order chi connectivity index (χ1) is 25.7. The topological polar surface area (TPSA) is 45.4 Å². The van der Waals surface area contributed by atoms with Crippen molar-refractivity contribution >= 4 is 90.7 Å². The van der Waals surface area contributed by atoms with Gasteiger partial charge in [0.2, 0.25) is 0 Å². The fourth-order valence-corrected chi connectivity index (χ4v) is 8.08. The van der Waals surface area contributed by atoms with Gasteiger partial charge < -0.3 is 4.42 Å². The van der Waals surface area contributed by atoms with Gasteiger partial charge in [-0.15, -0.1) is 0 Å². The van der Waals surface area contributed by atoms with Crippen molar-refractivity contribution in [3.8, 4) is 22.4 Å². The molecule has 0 aliphatic carbocycles. The summed E-state index contributed by atoms with van der Waals surface area (Å²) in [5.74, 6) is 0.516. The van der Waals surface area contributed by atoms with Gasteiger partial charge in [-0.25, -0.2) is 20.0 Å². The molecule has 2 radical (unpaired) electrons. The molecule has 0 unspecified atom stereocenters. The van der Waals surface area contributed by atoms with Crippen molar-refractivity contribution < 1.29 is 4.42 Å². The molecule has 0 amide bonds. The molecule has 0 atom stereocenters. The van der Waals surface area contributed by atoms with E-state index in [9.17, 15) is 0 Å². The van der Waals surface area contributed by atoms with Gasteiger partial charge in [-0.05, 0) is 52.1 Å². The molecule has 0 N–H and O–H groups in total. The third-order valence-electron chi connectivity index (χ3n) is 10.3. The predicted octanol–water partition coefficient (Wildman–Crippen LogP) is 11.2. The Morgan fingerprint density at radius 2 is 1.17 bits per heavy atom. The SMILES string of the molecule is [B]c1ccccc1-c1nc(N2c3c(c4ccccc4c4oc5ccccc5c34)-c3c(ccc4ccccc34)N2c2ccccc2)nc2ccccc12. The smallest absolute Gasteiger partial charge is 0.251 e. The Bertz CT molecular complexity index is 3060. The van der Waals surface area contributed by atoms with Crippen LogP contribution in [-0.2, 0) is 0 Å². The molecule has 3 heterocycles. The van der Waals surface area contributed by atoms with Gasteiger partial charge in [0.1, 0.15) is 19.0 Å².